The van der Waals surface area contributed by atoms with E-state index < -0.39 is 4.92 Å². The van der Waals surface area contributed by atoms with Gasteiger partial charge in [-0.15, -0.1) is 0 Å². The molecule has 0 atom stereocenters. The molecule has 1 heterocycles. The van der Waals surface area contributed by atoms with Crippen molar-refractivity contribution in [3.05, 3.63) is 81.3 Å². The SMILES string of the molecule is Nc1nc(Nc2cccc(Br)c2)c2cc(-c3ccc([N+](=O)[O-])cc3)ccc2n1. The van der Waals surface area contributed by atoms with Crippen molar-refractivity contribution in [2.24, 2.45) is 0 Å². The number of halogens is 1. The Morgan fingerprint density at radius 3 is 2.43 bits per heavy atom. The fourth-order valence-electron chi connectivity index (χ4n) is 2.90. The van der Waals surface area contributed by atoms with Crippen LogP contribution in [0.5, 0.6) is 0 Å². The second-order valence-corrected chi connectivity index (χ2v) is 7.02. The minimum Gasteiger partial charge on any atom is -0.368 e. The van der Waals surface area contributed by atoms with E-state index in [4.69, 9.17) is 5.73 Å². The average Bonchev–Trinajstić information content (AvgIpc) is 2.68. The van der Waals surface area contributed by atoms with Gasteiger partial charge in [-0.05, 0) is 53.6 Å². The molecule has 0 aliphatic carbocycles. The Labute approximate surface area is 168 Å². The molecule has 0 aliphatic heterocycles. The highest BCUT2D eigenvalue weighted by molar-refractivity contribution is 9.10. The molecule has 7 nitrogen and oxygen atoms in total. The van der Waals surface area contributed by atoms with E-state index in [1.807, 2.05) is 42.5 Å². The van der Waals surface area contributed by atoms with Crippen LogP contribution in [-0.2, 0) is 0 Å². The van der Waals surface area contributed by atoms with Crippen molar-refractivity contribution in [3.8, 4) is 11.1 Å². The number of nitrogens with one attached hydrogen (secondary N) is 1. The molecular formula is C20H14BrN5O2. The quantitative estimate of drug-likeness (QED) is 0.332. The summed E-state index contributed by atoms with van der Waals surface area (Å²) >= 11 is 3.45. The van der Waals surface area contributed by atoms with Crippen molar-refractivity contribution < 1.29 is 4.92 Å². The van der Waals surface area contributed by atoms with E-state index >= 15 is 0 Å². The lowest BCUT2D eigenvalue weighted by atomic mass is 10.0. The van der Waals surface area contributed by atoms with Crippen LogP contribution in [0.25, 0.3) is 22.0 Å². The summed E-state index contributed by atoms with van der Waals surface area (Å²) in [5.41, 5.74) is 9.24. The van der Waals surface area contributed by atoms with Gasteiger partial charge in [-0.2, -0.15) is 4.98 Å². The maximum atomic E-state index is 10.9. The van der Waals surface area contributed by atoms with Gasteiger partial charge in [0.15, 0.2) is 0 Å². The first-order chi connectivity index (χ1) is 13.5. The van der Waals surface area contributed by atoms with Crippen LogP contribution in [0.1, 0.15) is 0 Å². The number of anilines is 3. The number of rotatable bonds is 4. The molecule has 4 rings (SSSR count). The Balaban J connectivity index is 1.79. The summed E-state index contributed by atoms with van der Waals surface area (Å²) < 4.78 is 0.940. The molecule has 0 aliphatic rings. The zero-order valence-corrected chi connectivity index (χ0v) is 16.1. The molecule has 0 saturated carbocycles. The standard InChI is InChI=1S/C20H14BrN5O2/c21-14-2-1-3-15(11-14)23-19-17-10-13(6-9-18(17)24-20(22)25-19)12-4-7-16(8-5-12)26(27)28/h1-11H,(H3,22,23,24,25). The summed E-state index contributed by atoms with van der Waals surface area (Å²) in [6.45, 7) is 0. The molecule has 0 radical (unpaired) electrons. The second kappa shape index (κ2) is 7.24. The molecule has 1 aromatic heterocycles. The van der Waals surface area contributed by atoms with E-state index in [1.165, 1.54) is 12.1 Å². The Morgan fingerprint density at radius 2 is 1.71 bits per heavy atom. The summed E-state index contributed by atoms with van der Waals surface area (Å²) in [6, 6.07) is 19.8. The van der Waals surface area contributed by atoms with Crippen LogP contribution < -0.4 is 11.1 Å². The van der Waals surface area contributed by atoms with Gasteiger partial charge in [-0.25, -0.2) is 4.98 Å². The van der Waals surface area contributed by atoms with Crippen molar-refractivity contribution in [2.75, 3.05) is 11.1 Å². The van der Waals surface area contributed by atoms with E-state index in [0.717, 1.165) is 26.7 Å². The molecule has 0 amide bonds. The fraction of sp³-hybridized carbons (Fsp3) is 0. The van der Waals surface area contributed by atoms with E-state index in [1.54, 1.807) is 12.1 Å². The highest BCUT2D eigenvalue weighted by Gasteiger charge is 2.10. The van der Waals surface area contributed by atoms with E-state index in [9.17, 15) is 10.1 Å². The van der Waals surface area contributed by atoms with Gasteiger partial charge in [0, 0.05) is 27.7 Å². The maximum absolute atomic E-state index is 10.9. The van der Waals surface area contributed by atoms with Crippen LogP contribution in [0, 0.1) is 10.1 Å². The topological polar surface area (TPSA) is 107 Å². The third-order valence-electron chi connectivity index (χ3n) is 4.21. The fourth-order valence-corrected chi connectivity index (χ4v) is 3.30. The Morgan fingerprint density at radius 1 is 0.964 bits per heavy atom. The first-order valence-electron chi connectivity index (χ1n) is 8.34. The van der Waals surface area contributed by atoms with Crippen LogP contribution in [-0.4, -0.2) is 14.9 Å². The molecule has 0 spiro atoms. The molecular weight excluding hydrogens is 422 g/mol. The highest BCUT2D eigenvalue weighted by Crippen LogP contribution is 2.30. The monoisotopic (exact) mass is 435 g/mol. The largest absolute Gasteiger partial charge is 0.368 e. The third kappa shape index (κ3) is 3.63. The number of fused-ring (bicyclic) bond motifs is 1. The number of non-ortho nitro benzene ring substituents is 1. The average molecular weight is 436 g/mol. The smallest absolute Gasteiger partial charge is 0.269 e. The number of nitro groups is 1. The van der Waals surface area contributed by atoms with Gasteiger partial charge in [0.05, 0.1) is 10.4 Å². The van der Waals surface area contributed by atoms with E-state index in [0.29, 0.717) is 11.3 Å². The summed E-state index contributed by atoms with van der Waals surface area (Å²) in [6.07, 6.45) is 0. The van der Waals surface area contributed by atoms with Crippen molar-refractivity contribution in [1.82, 2.24) is 9.97 Å². The minimum atomic E-state index is -0.416. The van der Waals surface area contributed by atoms with Crippen molar-refractivity contribution in [1.29, 1.82) is 0 Å². The third-order valence-corrected chi connectivity index (χ3v) is 4.71. The first-order valence-corrected chi connectivity index (χ1v) is 9.13. The van der Waals surface area contributed by atoms with Gasteiger partial charge in [-0.3, -0.25) is 10.1 Å². The lowest BCUT2D eigenvalue weighted by Gasteiger charge is -2.11. The van der Waals surface area contributed by atoms with Crippen molar-refractivity contribution in [2.45, 2.75) is 0 Å². The molecule has 0 fully saturated rings. The van der Waals surface area contributed by atoms with E-state index in [2.05, 4.69) is 31.2 Å². The van der Waals surface area contributed by atoms with Crippen molar-refractivity contribution in [3.63, 3.8) is 0 Å². The van der Waals surface area contributed by atoms with Crippen LogP contribution in [0.15, 0.2) is 71.2 Å². The highest BCUT2D eigenvalue weighted by atomic mass is 79.9. The summed E-state index contributed by atoms with van der Waals surface area (Å²) in [4.78, 5) is 19.1. The zero-order valence-electron chi connectivity index (χ0n) is 14.5. The minimum absolute atomic E-state index is 0.0534. The lowest BCUT2D eigenvalue weighted by molar-refractivity contribution is -0.384. The number of nitrogen functional groups attached to an aromatic ring is 1. The number of hydrogen-bond acceptors (Lipinski definition) is 6. The van der Waals surface area contributed by atoms with Crippen LogP contribution in [0.4, 0.5) is 23.1 Å². The Hall–Kier alpha value is -3.52. The Bertz CT molecular complexity index is 1200. The molecule has 3 N–H and O–H groups in total. The van der Waals surface area contributed by atoms with Gasteiger partial charge in [0.25, 0.3) is 5.69 Å². The predicted molar refractivity (Wildman–Crippen MR) is 113 cm³/mol. The summed E-state index contributed by atoms with van der Waals surface area (Å²) in [7, 11) is 0. The number of nitro benzene ring substituents is 1. The van der Waals surface area contributed by atoms with Crippen molar-refractivity contribution >= 4 is 50.0 Å². The van der Waals surface area contributed by atoms with Gasteiger partial charge in [-0.1, -0.05) is 28.1 Å². The van der Waals surface area contributed by atoms with Gasteiger partial charge in [0.1, 0.15) is 5.82 Å². The lowest BCUT2D eigenvalue weighted by Crippen LogP contribution is -2.01. The second-order valence-electron chi connectivity index (χ2n) is 6.10. The number of hydrogen-bond donors (Lipinski definition) is 2. The predicted octanol–water partition coefficient (Wildman–Crippen LogP) is 5.29. The molecule has 0 bridgehead atoms. The summed E-state index contributed by atoms with van der Waals surface area (Å²) in [5, 5.41) is 14.9. The van der Waals surface area contributed by atoms with E-state index in [-0.39, 0.29) is 11.6 Å². The number of nitrogens with two attached hydrogens (primary N) is 1. The molecule has 0 saturated heterocycles. The number of nitrogens with zero attached hydrogens (tertiary/aromatic N) is 3. The molecule has 3 aromatic carbocycles. The zero-order chi connectivity index (χ0) is 19.7. The molecule has 28 heavy (non-hydrogen) atoms. The first kappa shape index (κ1) is 17.9. The Kier molecular flexibility index (Phi) is 4.62. The van der Waals surface area contributed by atoms with Crippen LogP contribution >= 0.6 is 15.9 Å². The van der Waals surface area contributed by atoms with Gasteiger partial charge in [0.2, 0.25) is 5.95 Å². The number of aromatic nitrogens is 2. The maximum Gasteiger partial charge on any atom is 0.269 e. The molecule has 138 valence electrons. The molecule has 0 unspecified atom stereocenters. The van der Waals surface area contributed by atoms with Gasteiger partial charge >= 0.3 is 0 Å². The number of benzene rings is 3. The molecule has 4 aromatic rings. The normalized spacial score (nSPS) is 10.8. The van der Waals surface area contributed by atoms with Crippen LogP contribution in [0.2, 0.25) is 0 Å². The van der Waals surface area contributed by atoms with Gasteiger partial charge < -0.3 is 11.1 Å². The molecule has 8 heteroatoms. The van der Waals surface area contributed by atoms with Crippen LogP contribution in [0.3, 0.4) is 0 Å². The summed E-state index contributed by atoms with van der Waals surface area (Å²) in [5.74, 6) is 0.762.